The molecule has 0 spiro atoms. The second kappa shape index (κ2) is 5.12. The molecule has 0 aromatic carbocycles. The van der Waals surface area contributed by atoms with Crippen molar-refractivity contribution in [3.63, 3.8) is 0 Å². The van der Waals surface area contributed by atoms with Crippen LogP contribution in [0.5, 0.6) is 0 Å². The van der Waals surface area contributed by atoms with Crippen molar-refractivity contribution >= 4 is 11.6 Å². The van der Waals surface area contributed by atoms with Crippen LogP contribution in [-0.2, 0) is 20.5 Å². The third-order valence-electron chi connectivity index (χ3n) is 3.20. The Morgan fingerprint density at radius 3 is 2.61 bits per heavy atom. The van der Waals surface area contributed by atoms with Gasteiger partial charge < -0.3 is 9.88 Å². The summed E-state index contributed by atoms with van der Waals surface area (Å²) in [7, 11) is 5.78. The molecule has 0 bridgehead atoms. The fourth-order valence-corrected chi connectivity index (χ4v) is 2.40. The number of nitrogens with zero attached hydrogens (tertiary/aromatic N) is 4. The lowest BCUT2D eigenvalue weighted by Crippen LogP contribution is -2.22. The molecule has 1 atom stereocenters. The molecule has 0 amide bonds. The number of hydrogen-bond donors (Lipinski definition) is 1. The molecule has 0 radical (unpaired) electrons. The van der Waals surface area contributed by atoms with Gasteiger partial charge >= 0.3 is 0 Å². The first-order valence-electron chi connectivity index (χ1n) is 5.87. The van der Waals surface area contributed by atoms with Crippen LogP contribution in [0.2, 0.25) is 5.15 Å². The summed E-state index contributed by atoms with van der Waals surface area (Å²) in [5.74, 6) is 0.997. The third kappa shape index (κ3) is 2.28. The number of likely N-dealkylation sites (N-methyl/N-ethyl adjacent to an activating group) is 1. The summed E-state index contributed by atoms with van der Waals surface area (Å²) in [5.41, 5.74) is 2.04. The summed E-state index contributed by atoms with van der Waals surface area (Å²) in [6, 6.07) is 0.130. The van der Waals surface area contributed by atoms with Crippen LogP contribution in [0.25, 0.3) is 0 Å². The molecular formula is C12H18ClN5. The Morgan fingerprint density at radius 1 is 1.44 bits per heavy atom. The molecule has 2 aromatic heterocycles. The molecule has 0 aliphatic heterocycles. The minimum absolute atomic E-state index is 0.130. The van der Waals surface area contributed by atoms with Crippen molar-refractivity contribution in [2.24, 2.45) is 14.1 Å². The lowest BCUT2D eigenvalue weighted by molar-refractivity contribution is 0.537. The zero-order chi connectivity index (χ0) is 13.3. The molecule has 0 aliphatic carbocycles. The Kier molecular flexibility index (Phi) is 3.73. The summed E-state index contributed by atoms with van der Waals surface area (Å²) < 4.78 is 3.72. The van der Waals surface area contributed by atoms with E-state index in [0.29, 0.717) is 5.15 Å². The highest BCUT2D eigenvalue weighted by molar-refractivity contribution is 6.30. The number of hydrogen-bond acceptors (Lipinski definition) is 3. The van der Waals surface area contributed by atoms with E-state index in [4.69, 9.17) is 11.6 Å². The van der Waals surface area contributed by atoms with Gasteiger partial charge in [0.25, 0.3) is 0 Å². The van der Waals surface area contributed by atoms with Crippen LogP contribution in [0.4, 0.5) is 0 Å². The van der Waals surface area contributed by atoms with E-state index in [1.54, 1.807) is 10.9 Å². The molecule has 1 unspecified atom stereocenters. The molecule has 6 heteroatoms. The molecule has 18 heavy (non-hydrogen) atoms. The van der Waals surface area contributed by atoms with Gasteiger partial charge in [0.2, 0.25) is 0 Å². The lowest BCUT2D eigenvalue weighted by Gasteiger charge is -2.15. The van der Waals surface area contributed by atoms with E-state index < -0.39 is 0 Å². The molecule has 2 rings (SSSR count). The van der Waals surface area contributed by atoms with E-state index in [0.717, 1.165) is 23.5 Å². The molecule has 5 nitrogen and oxygen atoms in total. The molecule has 0 fully saturated rings. The molecule has 0 saturated heterocycles. The fourth-order valence-electron chi connectivity index (χ4n) is 2.15. The van der Waals surface area contributed by atoms with Gasteiger partial charge in [-0.05, 0) is 20.4 Å². The minimum atomic E-state index is 0.130. The van der Waals surface area contributed by atoms with E-state index in [1.807, 2.05) is 38.8 Å². The smallest absolute Gasteiger partial charge is 0.130 e. The van der Waals surface area contributed by atoms with Crippen LogP contribution in [0, 0.1) is 6.92 Å². The minimum Gasteiger partial charge on any atom is -0.337 e. The van der Waals surface area contributed by atoms with Crippen molar-refractivity contribution in [2.45, 2.75) is 19.4 Å². The van der Waals surface area contributed by atoms with Gasteiger partial charge in [0.05, 0.1) is 11.7 Å². The predicted molar refractivity (Wildman–Crippen MR) is 71.7 cm³/mol. The summed E-state index contributed by atoms with van der Waals surface area (Å²) >= 11 is 6.26. The highest BCUT2D eigenvalue weighted by atomic mass is 35.5. The Hall–Kier alpha value is -1.33. The number of rotatable bonds is 4. The van der Waals surface area contributed by atoms with Crippen molar-refractivity contribution < 1.29 is 0 Å². The summed E-state index contributed by atoms with van der Waals surface area (Å²) in [6.07, 6.45) is 4.52. The summed E-state index contributed by atoms with van der Waals surface area (Å²) in [5, 5.41) is 8.31. The standard InChI is InChI=1S/C12H18ClN5/c1-8-9(11(13)18(4)16-8)7-10(14-2)12-15-5-6-17(12)3/h5-6,10,14H,7H2,1-4H3. The van der Waals surface area contributed by atoms with Gasteiger partial charge in [0, 0.05) is 32.1 Å². The predicted octanol–water partition coefficient (Wildman–Crippen LogP) is 1.62. The average molecular weight is 268 g/mol. The van der Waals surface area contributed by atoms with Crippen LogP contribution < -0.4 is 5.32 Å². The van der Waals surface area contributed by atoms with Crippen molar-refractivity contribution in [3.8, 4) is 0 Å². The van der Waals surface area contributed by atoms with Crippen LogP contribution in [0.1, 0.15) is 23.1 Å². The second-order valence-electron chi connectivity index (χ2n) is 4.42. The van der Waals surface area contributed by atoms with E-state index in [1.165, 1.54) is 0 Å². The van der Waals surface area contributed by atoms with Gasteiger partial charge in [0.15, 0.2) is 0 Å². The van der Waals surface area contributed by atoms with Gasteiger partial charge in [0.1, 0.15) is 11.0 Å². The number of nitrogens with one attached hydrogen (secondary N) is 1. The monoisotopic (exact) mass is 267 g/mol. The maximum atomic E-state index is 6.26. The van der Waals surface area contributed by atoms with Crippen LogP contribution in [0.15, 0.2) is 12.4 Å². The SMILES string of the molecule is CNC(Cc1c(C)nn(C)c1Cl)c1nccn1C. The first kappa shape index (κ1) is 13.1. The van der Waals surface area contributed by atoms with Crippen LogP contribution in [-0.4, -0.2) is 26.4 Å². The maximum Gasteiger partial charge on any atom is 0.130 e. The average Bonchev–Trinajstić information content (AvgIpc) is 2.84. The van der Waals surface area contributed by atoms with Gasteiger partial charge in [-0.15, -0.1) is 0 Å². The highest BCUT2D eigenvalue weighted by Gasteiger charge is 2.19. The van der Waals surface area contributed by atoms with Crippen LogP contribution >= 0.6 is 11.6 Å². The zero-order valence-corrected chi connectivity index (χ0v) is 11.9. The zero-order valence-electron chi connectivity index (χ0n) is 11.1. The first-order valence-corrected chi connectivity index (χ1v) is 6.24. The Bertz CT molecular complexity index is 543. The van der Waals surface area contributed by atoms with E-state index >= 15 is 0 Å². The Morgan fingerprint density at radius 2 is 2.17 bits per heavy atom. The van der Waals surface area contributed by atoms with E-state index in [2.05, 4.69) is 15.4 Å². The van der Waals surface area contributed by atoms with Gasteiger partial charge in [-0.1, -0.05) is 11.6 Å². The van der Waals surface area contributed by atoms with Gasteiger partial charge in [-0.2, -0.15) is 5.10 Å². The molecule has 98 valence electrons. The normalized spacial score (nSPS) is 12.9. The van der Waals surface area contributed by atoms with Crippen molar-refractivity contribution in [1.29, 1.82) is 0 Å². The lowest BCUT2D eigenvalue weighted by atomic mass is 10.1. The van der Waals surface area contributed by atoms with E-state index in [9.17, 15) is 0 Å². The maximum absolute atomic E-state index is 6.26. The van der Waals surface area contributed by atoms with Gasteiger partial charge in [-0.3, -0.25) is 4.68 Å². The largest absolute Gasteiger partial charge is 0.337 e. The molecule has 2 heterocycles. The van der Waals surface area contributed by atoms with Crippen molar-refractivity contribution in [1.82, 2.24) is 24.6 Å². The molecule has 1 N–H and O–H groups in total. The molecule has 0 saturated carbocycles. The van der Waals surface area contributed by atoms with Gasteiger partial charge in [-0.25, -0.2) is 4.98 Å². The summed E-state index contributed by atoms with van der Waals surface area (Å²) in [6.45, 7) is 1.98. The Labute approximate surface area is 112 Å². The number of halogens is 1. The molecular weight excluding hydrogens is 250 g/mol. The fraction of sp³-hybridized carbons (Fsp3) is 0.500. The highest BCUT2D eigenvalue weighted by Crippen LogP contribution is 2.24. The van der Waals surface area contributed by atoms with Crippen molar-refractivity contribution in [2.75, 3.05) is 7.05 Å². The summed E-state index contributed by atoms with van der Waals surface area (Å²) in [4.78, 5) is 4.38. The van der Waals surface area contributed by atoms with E-state index in [-0.39, 0.29) is 6.04 Å². The first-order chi connectivity index (χ1) is 8.54. The second-order valence-corrected chi connectivity index (χ2v) is 4.78. The number of imidazole rings is 1. The number of aryl methyl sites for hydroxylation is 3. The molecule has 2 aromatic rings. The van der Waals surface area contributed by atoms with Crippen LogP contribution in [0.3, 0.4) is 0 Å². The van der Waals surface area contributed by atoms with Crippen molar-refractivity contribution in [3.05, 3.63) is 34.6 Å². The quantitative estimate of drug-likeness (QED) is 0.916. The Balaban J connectivity index is 2.29. The third-order valence-corrected chi connectivity index (χ3v) is 3.67. The number of aromatic nitrogens is 4. The topological polar surface area (TPSA) is 47.7 Å². The molecule has 0 aliphatic rings.